The summed E-state index contributed by atoms with van der Waals surface area (Å²) in [5.41, 5.74) is 0. The minimum absolute atomic E-state index is 0.583. The van der Waals surface area contributed by atoms with Gasteiger partial charge in [-0.25, -0.2) is 0 Å². The van der Waals surface area contributed by atoms with E-state index in [2.05, 4.69) is 9.68 Å². The SMILES string of the molecule is Cc1oncc1Cl. The molecule has 0 aromatic carbocycles. The van der Waals surface area contributed by atoms with Gasteiger partial charge in [-0.15, -0.1) is 0 Å². The summed E-state index contributed by atoms with van der Waals surface area (Å²) in [7, 11) is 0. The third-order valence-corrected chi connectivity index (χ3v) is 1.06. The summed E-state index contributed by atoms with van der Waals surface area (Å²) in [6.07, 6.45) is 1.47. The number of aromatic nitrogens is 1. The first-order valence-corrected chi connectivity index (χ1v) is 2.25. The summed E-state index contributed by atoms with van der Waals surface area (Å²) in [4.78, 5) is 0. The topological polar surface area (TPSA) is 26.0 Å². The lowest BCUT2D eigenvalue weighted by atomic mass is 10.5. The smallest absolute Gasteiger partial charge is 0.152 e. The van der Waals surface area contributed by atoms with E-state index in [9.17, 15) is 0 Å². The van der Waals surface area contributed by atoms with E-state index in [1.165, 1.54) is 6.20 Å². The molecule has 0 atom stereocenters. The zero-order valence-electron chi connectivity index (χ0n) is 3.81. The van der Waals surface area contributed by atoms with Gasteiger partial charge in [0.2, 0.25) is 0 Å². The van der Waals surface area contributed by atoms with Gasteiger partial charge in [0.05, 0.1) is 6.20 Å². The zero-order chi connectivity index (χ0) is 5.28. The molecule has 38 valence electrons. The standard InChI is InChI=1S/C4H4ClNO/c1-3-4(5)2-6-7-3/h2H,1H3. The van der Waals surface area contributed by atoms with Crippen LogP contribution in [0.3, 0.4) is 0 Å². The van der Waals surface area contributed by atoms with Crippen molar-refractivity contribution in [1.82, 2.24) is 5.16 Å². The highest BCUT2D eigenvalue weighted by atomic mass is 35.5. The van der Waals surface area contributed by atoms with E-state index >= 15 is 0 Å². The zero-order valence-corrected chi connectivity index (χ0v) is 4.57. The van der Waals surface area contributed by atoms with Gasteiger partial charge in [-0.1, -0.05) is 16.8 Å². The van der Waals surface area contributed by atoms with Gasteiger partial charge in [0, 0.05) is 0 Å². The van der Waals surface area contributed by atoms with Gasteiger partial charge in [0.25, 0.3) is 0 Å². The van der Waals surface area contributed by atoms with Crippen molar-refractivity contribution in [2.24, 2.45) is 0 Å². The first-order valence-electron chi connectivity index (χ1n) is 1.87. The molecule has 0 saturated carbocycles. The van der Waals surface area contributed by atoms with E-state index in [0.29, 0.717) is 10.8 Å². The lowest BCUT2D eigenvalue weighted by Crippen LogP contribution is -1.56. The molecule has 0 N–H and O–H groups in total. The molecular formula is C4H4ClNO. The van der Waals surface area contributed by atoms with Crippen LogP contribution in [0.4, 0.5) is 0 Å². The second kappa shape index (κ2) is 1.54. The Morgan fingerprint density at radius 2 is 2.57 bits per heavy atom. The molecule has 0 bridgehead atoms. The summed E-state index contributed by atoms with van der Waals surface area (Å²) in [6.45, 7) is 1.76. The van der Waals surface area contributed by atoms with Gasteiger partial charge in [0.15, 0.2) is 5.76 Å². The van der Waals surface area contributed by atoms with Crippen molar-refractivity contribution in [2.45, 2.75) is 6.92 Å². The molecule has 0 spiro atoms. The fourth-order valence-corrected chi connectivity index (χ4v) is 0.361. The van der Waals surface area contributed by atoms with Crippen LogP contribution in [0.2, 0.25) is 5.02 Å². The Kier molecular flexibility index (Phi) is 1.02. The van der Waals surface area contributed by atoms with Crippen LogP contribution in [0.5, 0.6) is 0 Å². The molecule has 2 nitrogen and oxygen atoms in total. The Hall–Kier alpha value is -0.500. The molecule has 0 amide bonds. The molecule has 1 aromatic rings. The second-order valence-corrected chi connectivity index (χ2v) is 1.64. The van der Waals surface area contributed by atoms with Crippen molar-refractivity contribution in [3.8, 4) is 0 Å². The van der Waals surface area contributed by atoms with Crippen molar-refractivity contribution < 1.29 is 4.52 Å². The number of hydrogen-bond donors (Lipinski definition) is 0. The summed E-state index contributed by atoms with van der Waals surface area (Å²) in [6, 6.07) is 0. The normalized spacial score (nSPS) is 9.43. The predicted molar refractivity (Wildman–Crippen MR) is 26.2 cm³/mol. The summed E-state index contributed by atoms with van der Waals surface area (Å²) in [5, 5.41) is 4.00. The van der Waals surface area contributed by atoms with E-state index in [0.717, 1.165) is 0 Å². The molecule has 0 aliphatic rings. The maximum absolute atomic E-state index is 5.47. The van der Waals surface area contributed by atoms with Gasteiger partial charge in [-0.05, 0) is 6.92 Å². The molecule has 0 unspecified atom stereocenters. The van der Waals surface area contributed by atoms with Crippen molar-refractivity contribution in [3.05, 3.63) is 17.0 Å². The molecule has 0 aliphatic heterocycles. The molecule has 7 heavy (non-hydrogen) atoms. The third-order valence-electron chi connectivity index (χ3n) is 0.692. The molecule has 0 fully saturated rings. The van der Waals surface area contributed by atoms with E-state index in [1.54, 1.807) is 6.92 Å². The van der Waals surface area contributed by atoms with Gasteiger partial charge >= 0.3 is 0 Å². The summed E-state index contributed by atoms with van der Waals surface area (Å²) < 4.78 is 4.58. The maximum atomic E-state index is 5.47. The minimum Gasteiger partial charge on any atom is -0.360 e. The van der Waals surface area contributed by atoms with Crippen molar-refractivity contribution >= 4 is 11.6 Å². The van der Waals surface area contributed by atoms with Crippen LogP contribution in [0.25, 0.3) is 0 Å². The van der Waals surface area contributed by atoms with Gasteiger partial charge in [0.1, 0.15) is 5.02 Å². The molecule has 0 radical (unpaired) electrons. The van der Waals surface area contributed by atoms with E-state index in [4.69, 9.17) is 11.6 Å². The number of halogens is 1. The highest BCUT2D eigenvalue weighted by Crippen LogP contribution is 2.10. The maximum Gasteiger partial charge on any atom is 0.152 e. The van der Waals surface area contributed by atoms with Crippen LogP contribution in [0.1, 0.15) is 5.76 Å². The van der Waals surface area contributed by atoms with Crippen molar-refractivity contribution in [2.75, 3.05) is 0 Å². The van der Waals surface area contributed by atoms with Crippen molar-refractivity contribution in [1.29, 1.82) is 0 Å². The molecule has 1 heterocycles. The van der Waals surface area contributed by atoms with Crippen LogP contribution < -0.4 is 0 Å². The van der Waals surface area contributed by atoms with Crippen LogP contribution in [0.15, 0.2) is 10.7 Å². The molecule has 1 rings (SSSR count). The van der Waals surface area contributed by atoms with Gasteiger partial charge < -0.3 is 4.52 Å². The van der Waals surface area contributed by atoms with Gasteiger partial charge in [-0.3, -0.25) is 0 Å². The average Bonchev–Trinajstić information content (AvgIpc) is 1.91. The lowest BCUT2D eigenvalue weighted by Gasteiger charge is -1.73. The largest absolute Gasteiger partial charge is 0.360 e. The van der Waals surface area contributed by atoms with E-state index in [1.807, 2.05) is 0 Å². The van der Waals surface area contributed by atoms with Crippen LogP contribution >= 0.6 is 11.6 Å². The Balaban J connectivity index is 3.12. The minimum atomic E-state index is 0.583. The molecular weight excluding hydrogens is 114 g/mol. The number of hydrogen-bond acceptors (Lipinski definition) is 2. The van der Waals surface area contributed by atoms with Crippen LogP contribution in [0, 0.1) is 6.92 Å². The fourth-order valence-electron chi connectivity index (χ4n) is 0.286. The predicted octanol–water partition coefficient (Wildman–Crippen LogP) is 1.64. The monoisotopic (exact) mass is 117 g/mol. The lowest BCUT2D eigenvalue weighted by molar-refractivity contribution is 0.397. The summed E-state index contributed by atoms with van der Waals surface area (Å²) in [5.74, 6) is 0.668. The molecule has 1 aromatic heterocycles. The average molecular weight is 118 g/mol. The molecule has 0 aliphatic carbocycles. The van der Waals surface area contributed by atoms with Crippen molar-refractivity contribution in [3.63, 3.8) is 0 Å². The molecule has 0 saturated heterocycles. The third kappa shape index (κ3) is 0.747. The fraction of sp³-hybridized carbons (Fsp3) is 0.250. The van der Waals surface area contributed by atoms with E-state index in [-0.39, 0.29) is 0 Å². The first kappa shape index (κ1) is 4.65. The van der Waals surface area contributed by atoms with Crippen LogP contribution in [-0.2, 0) is 0 Å². The Morgan fingerprint density at radius 3 is 2.71 bits per heavy atom. The first-order chi connectivity index (χ1) is 3.30. The quantitative estimate of drug-likeness (QED) is 0.516. The Bertz CT molecular complexity index is 144. The number of nitrogens with zero attached hydrogens (tertiary/aromatic N) is 1. The van der Waals surface area contributed by atoms with Crippen LogP contribution in [-0.4, -0.2) is 5.16 Å². The number of rotatable bonds is 0. The summed E-state index contributed by atoms with van der Waals surface area (Å²) >= 11 is 5.47. The Morgan fingerprint density at radius 1 is 1.86 bits per heavy atom. The second-order valence-electron chi connectivity index (χ2n) is 1.23. The Labute approximate surface area is 46.1 Å². The molecule has 3 heteroatoms. The van der Waals surface area contributed by atoms with E-state index < -0.39 is 0 Å². The van der Waals surface area contributed by atoms with Gasteiger partial charge in [-0.2, -0.15) is 0 Å². The highest BCUT2D eigenvalue weighted by Gasteiger charge is 1.94. The number of aryl methyl sites for hydroxylation is 1. The highest BCUT2D eigenvalue weighted by molar-refractivity contribution is 6.30.